The fourth-order valence-corrected chi connectivity index (χ4v) is 4.33. The predicted octanol–water partition coefficient (Wildman–Crippen LogP) is 4.30. The van der Waals surface area contributed by atoms with Gasteiger partial charge in [-0.25, -0.2) is 0 Å². The molecule has 0 radical (unpaired) electrons. The number of aromatic nitrogens is 1. The van der Waals surface area contributed by atoms with Gasteiger partial charge in [-0.15, -0.1) is 0 Å². The Morgan fingerprint density at radius 2 is 1.53 bits per heavy atom. The summed E-state index contributed by atoms with van der Waals surface area (Å²) in [5.41, 5.74) is 5.33. The first-order valence-corrected chi connectivity index (χ1v) is 10.1. The molecule has 4 aromatic rings. The molecule has 0 bridgehead atoms. The van der Waals surface area contributed by atoms with Crippen LogP contribution in [-0.4, -0.2) is 32.1 Å². The lowest BCUT2D eigenvalue weighted by Gasteiger charge is -2.28. The van der Waals surface area contributed by atoms with Crippen LogP contribution in [0, 0.1) is 0 Å². The molecular formula is C25H22N2O3. The van der Waals surface area contributed by atoms with E-state index in [2.05, 4.69) is 16.7 Å². The number of nitrogens with zero attached hydrogens (tertiary/aromatic N) is 2. The zero-order valence-corrected chi connectivity index (χ0v) is 16.5. The van der Waals surface area contributed by atoms with Crippen LogP contribution < -0.4 is 0 Å². The number of phenols is 2. The summed E-state index contributed by atoms with van der Waals surface area (Å²) in [6.07, 6.45) is 0.784. The Morgan fingerprint density at radius 3 is 2.27 bits per heavy atom. The highest BCUT2D eigenvalue weighted by atomic mass is 16.3. The molecule has 0 saturated carbocycles. The summed E-state index contributed by atoms with van der Waals surface area (Å²) in [5.74, 6) is 0.405. The average Bonchev–Trinajstić information content (AvgIpc) is 3.08. The second-order valence-electron chi connectivity index (χ2n) is 7.72. The number of aromatic hydroxyl groups is 2. The van der Waals surface area contributed by atoms with E-state index in [0.717, 1.165) is 24.0 Å². The first-order chi connectivity index (χ1) is 14.6. The third-order valence-electron chi connectivity index (χ3n) is 5.84. The third-order valence-corrected chi connectivity index (χ3v) is 5.84. The zero-order valence-electron chi connectivity index (χ0n) is 16.5. The Balaban J connectivity index is 1.51. The van der Waals surface area contributed by atoms with E-state index in [0.29, 0.717) is 18.7 Å². The smallest absolute Gasteiger partial charge is 0.254 e. The normalized spacial score (nSPS) is 13.4. The van der Waals surface area contributed by atoms with E-state index in [1.165, 1.54) is 16.6 Å². The minimum Gasteiger partial charge on any atom is -0.508 e. The van der Waals surface area contributed by atoms with Crippen molar-refractivity contribution in [1.82, 2.24) is 9.47 Å². The van der Waals surface area contributed by atoms with Crippen molar-refractivity contribution in [2.75, 3.05) is 6.54 Å². The van der Waals surface area contributed by atoms with E-state index in [9.17, 15) is 15.0 Å². The van der Waals surface area contributed by atoms with Crippen LogP contribution >= 0.6 is 0 Å². The highest BCUT2D eigenvalue weighted by Gasteiger charge is 2.27. The Bertz CT molecular complexity index is 1220. The first-order valence-electron chi connectivity index (χ1n) is 10.1. The van der Waals surface area contributed by atoms with Crippen LogP contribution in [0.2, 0.25) is 0 Å². The van der Waals surface area contributed by atoms with Crippen LogP contribution in [0.15, 0.2) is 72.8 Å². The Morgan fingerprint density at radius 1 is 0.867 bits per heavy atom. The number of hydrogen-bond donors (Lipinski definition) is 2. The number of hydrogen-bond acceptors (Lipinski definition) is 3. The number of fused-ring (bicyclic) bond motifs is 3. The number of carbonyl (C=O) groups excluding carboxylic acids is 1. The molecule has 2 heterocycles. The van der Waals surface area contributed by atoms with Crippen molar-refractivity contribution < 1.29 is 15.0 Å². The van der Waals surface area contributed by atoms with Gasteiger partial charge in [0, 0.05) is 53.8 Å². The van der Waals surface area contributed by atoms with Crippen molar-refractivity contribution in [3.05, 3.63) is 95.2 Å². The van der Waals surface area contributed by atoms with Crippen LogP contribution in [0.4, 0.5) is 0 Å². The van der Waals surface area contributed by atoms with Crippen molar-refractivity contribution >= 4 is 16.8 Å². The second kappa shape index (κ2) is 7.26. The van der Waals surface area contributed by atoms with Gasteiger partial charge < -0.3 is 19.7 Å². The third kappa shape index (κ3) is 3.18. The van der Waals surface area contributed by atoms with Gasteiger partial charge in [0.25, 0.3) is 5.91 Å². The number of carbonyl (C=O) groups is 1. The lowest BCUT2D eigenvalue weighted by atomic mass is 10.0. The van der Waals surface area contributed by atoms with Crippen molar-refractivity contribution in [3.8, 4) is 11.5 Å². The fourth-order valence-electron chi connectivity index (χ4n) is 4.33. The van der Waals surface area contributed by atoms with Crippen LogP contribution in [0.1, 0.15) is 27.2 Å². The van der Waals surface area contributed by atoms with Crippen molar-refractivity contribution in [2.24, 2.45) is 0 Å². The fraction of sp³-hybridized carbons (Fsp3) is 0.160. The molecule has 1 aliphatic heterocycles. The minimum atomic E-state index is -0.0176. The Kier molecular flexibility index (Phi) is 4.43. The van der Waals surface area contributed by atoms with Crippen LogP contribution in [0.5, 0.6) is 11.5 Å². The van der Waals surface area contributed by atoms with E-state index < -0.39 is 0 Å². The molecule has 0 saturated heterocycles. The summed E-state index contributed by atoms with van der Waals surface area (Å²) >= 11 is 0. The van der Waals surface area contributed by atoms with Gasteiger partial charge in [0.15, 0.2) is 0 Å². The molecular weight excluding hydrogens is 376 g/mol. The lowest BCUT2D eigenvalue weighted by molar-refractivity contribution is 0.0734. The molecule has 0 unspecified atom stereocenters. The molecule has 5 heteroatoms. The van der Waals surface area contributed by atoms with Gasteiger partial charge in [-0.3, -0.25) is 4.79 Å². The highest BCUT2D eigenvalue weighted by molar-refractivity contribution is 5.95. The van der Waals surface area contributed by atoms with Gasteiger partial charge in [-0.2, -0.15) is 0 Å². The summed E-state index contributed by atoms with van der Waals surface area (Å²) in [6.45, 7) is 1.94. The molecule has 1 amide bonds. The molecule has 5 nitrogen and oxygen atoms in total. The molecule has 3 aromatic carbocycles. The predicted molar refractivity (Wildman–Crippen MR) is 116 cm³/mol. The van der Waals surface area contributed by atoms with Gasteiger partial charge >= 0.3 is 0 Å². The largest absolute Gasteiger partial charge is 0.508 e. The second-order valence-corrected chi connectivity index (χ2v) is 7.72. The minimum absolute atomic E-state index is 0.0176. The molecule has 30 heavy (non-hydrogen) atoms. The van der Waals surface area contributed by atoms with Gasteiger partial charge in [0.1, 0.15) is 11.5 Å². The van der Waals surface area contributed by atoms with Gasteiger partial charge in [-0.05, 0) is 48.0 Å². The van der Waals surface area contributed by atoms with Crippen LogP contribution in [0.25, 0.3) is 10.9 Å². The summed E-state index contributed by atoms with van der Waals surface area (Å²) in [6, 6.07) is 22.1. The van der Waals surface area contributed by atoms with Gasteiger partial charge in [-0.1, -0.05) is 30.3 Å². The number of benzene rings is 3. The Labute approximate surface area is 174 Å². The van der Waals surface area contributed by atoms with E-state index in [1.807, 2.05) is 29.2 Å². The molecule has 1 aliphatic rings. The highest BCUT2D eigenvalue weighted by Crippen LogP contribution is 2.32. The molecule has 0 fully saturated rings. The number of amides is 1. The van der Waals surface area contributed by atoms with E-state index in [1.54, 1.807) is 36.4 Å². The molecule has 0 aliphatic carbocycles. The topological polar surface area (TPSA) is 65.7 Å². The average molecular weight is 398 g/mol. The maximum atomic E-state index is 13.0. The molecule has 0 spiro atoms. The molecule has 150 valence electrons. The molecule has 1 aromatic heterocycles. The van der Waals surface area contributed by atoms with Gasteiger partial charge in [0.05, 0.1) is 0 Å². The summed E-state index contributed by atoms with van der Waals surface area (Å²) in [4.78, 5) is 14.9. The SMILES string of the molecule is O=C(c1ccc(O)cc1)N1CCc2c(c3ccccc3n2Cc2ccc(O)cc2)C1. The molecule has 2 N–H and O–H groups in total. The van der Waals surface area contributed by atoms with Crippen molar-refractivity contribution in [2.45, 2.75) is 19.5 Å². The van der Waals surface area contributed by atoms with Crippen LogP contribution in [0.3, 0.4) is 0 Å². The van der Waals surface area contributed by atoms with Gasteiger partial charge in [0.2, 0.25) is 0 Å². The number of rotatable bonds is 3. The number of para-hydroxylation sites is 1. The zero-order chi connectivity index (χ0) is 20.7. The van der Waals surface area contributed by atoms with E-state index >= 15 is 0 Å². The molecule has 0 atom stereocenters. The molecule has 5 rings (SSSR count). The first kappa shape index (κ1) is 18.3. The van der Waals surface area contributed by atoms with E-state index in [-0.39, 0.29) is 17.4 Å². The summed E-state index contributed by atoms with van der Waals surface area (Å²) in [5, 5.41) is 20.2. The number of phenolic OH excluding ortho intramolecular Hbond substituents is 2. The Hall–Kier alpha value is -3.73. The summed E-state index contributed by atoms with van der Waals surface area (Å²) in [7, 11) is 0. The van der Waals surface area contributed by atoms with Crippen LogP contribution in [-0.2, 0) is 19.5 Å². The maximum absolute atomic E-state index is 13.0. The lowest BCUT2D eigenvalue weighted by Crippen LogP contribution is -2.36. The van der Waals surface area contributed by atoms with E-state index in [4.69, 9.17) is 0 Å². The van der Waals surface area contributed by atoms with Crippen molar-refractivity contribution in [3.63, 3.8) is 0 Å². The standard InChI is InChI=1S/C25H22N2O3/c28-19-9-5-17(6-10-19)15-27-23-4-2-1-3-21(23)22-16-26(14-13-24(22)27)25(30)18-7-11-20(29)12-8-18/h1-12,28-29H,13-16H2. The van der Waals surface area contributed by atoms with Crippen molar-refractivity contribution in [1.29, 1.82) is 0 Å². The maximum Gasteiger partial charge on any atom is 0.254 e. The monoisotopic (exact) mass is 398 g/mol. The quantitative estimate of drug-likeness (QED) is 0.541. The summed E-state index contributed by atoms with van der Waals surface area (Å²) < 4.78 is 2.33.